The number of hydrogen-bond acceptors (Lipinski definition) is 3. The van der Waals surface area contributed by atoms with Crippen molar-refractivity contribution >= 4 is 11.9 Å². The number of carboxylic acids is 1. The van der Waals surface area contributed by atoms with Crippen molar-refractivity contribution < 1.29 is 23.8 Å². The fraction of sp³-hybridized carbons (Fsp3) is 0.300. The Kier molecular flexibility index (Phi) is 6.72. The number of carboxylic acid groups (broad SMARTS) is 1. The lowest BCUT2D eigenvalue weighted by atomic mass is 10.0. The smallest absolute Gasteiger partial charge is 0.326 e. The van der Waals surface area contributed by atoms with Gasteiger partial charge in [-0.15, -0.1) is 0 Å². The number of methoxy groups -OCH3 is 1. The van der Waals surface area contributed by atoms with E-state index < -0.39 is 17.8 Å². The molecular formula is C20H22FNO4. The second-order valence-electron chi connectivity index (χ2n) is 6.02. The highest BCUT2D eigenvalue weighted by Crippen LogP contribution is 2.19. The molecule has 1 atom stereocenters. The number of halogens is 1. The van der Waals surface area contributed by atoms with Gasteiger partial charge in [-0.3, -0.25) is 4.79 Å². The number of ether oxygens (including phenoxy) is 1. The van der Waals surface area contributed by atoms with Crippen LogP contribution in [-0.2, 0) is 22.4 Å². The number of amides is 1. The zero-order valence-electron chi connectivity index (χ0n) is 14.8. The summed E-state index contributed by atoms with van der Waals surface area (Å²) in [5.74, 6) is -1.70. The van der Waals surface area contributed by atoms with Crippen molar-refractivity contribution in [3.8, 4) is 5.75 Å². The predicted molar refractivity (Wildman–Crippen MR) is 95.6 cm³/mol. The summed E-state index contributed by atoms with van der Waals surface area (Å²) in [5.41, 5.74) is 1.50. The van der Waals surface area contributed by atoms with Crippen molar-refractivity contribution in [1.82, 2.24) is 4.90 Å². The summed E-state index contributed by atoms with van der Waals surface area (Å²) in [5, 5.41) is 9.48. The van der Waals surface area contributed by atoms with Gasteiger partial charge in [0.1, 0.15) is 6.04 Å². The molecule has 0 bridgehead atoms. The van der Waals surface area contributed by atoms with Crippen LogP contribution < -0.4 is 4.74 Å². The van der Waals surface area contributed by atoms with Gasteiger partial charge in [-0.25, -0.2) is 9.18 Å². The van der Waals surface area contributed by atoms with Crippen molar-refractivity contribution in [2.45, 2.75) is 25.3 Å². The molecule has 1 N–H and O–H groups in total. The van der Waals surface area contributed by atoms with Crippen LogP contribution in [0, 0.1) is 5.82 Å². The lowest BCUT2D eigenvalue weighted by Gasteiger charge is -2.25. The fourth-order valence-corrected chi connectivity index (χ4v) is 2.69. The van der Waals surface area contributed by atoms with E-state index in [2.05, 4.69) is 0 Å². The topological polar surface area (TPSA) is 66.8 Å². The first-order valence-corrected chi connectivity index (χ1v) is 8.27. The maximum Gasteiger partial charge on any atom is 0.326 e. The van der Waals surface area contributed by atoms with Crippen LogP contribution >= 0.6 is 0 Å². The number of carbonyl (C=O) groups is 2. The Morgan fingerprint density at radius 3 is 2.42 bits per heavy atom. The zero-order chi connectivity index (χ0) is 19.1. The third-order valence-corrected chi connectivity index (χ3v) is 4.26. The minimum Gasteiger partial charge on any atom is -0.494 e. The lowest BCUT2D eigenvalue weighted by molar-refractivity contribution is -0.149. The van der Waals surface area contributed by atoms with Crippen LogP contribution in [0.4, 0.5) is 4.39 Å². The van der Waals surface area contributed by atoms with Gasteiger partial charge in [0, 0.05) is 19.9 Å². The van der Waals surface area contributed by atoms with Crippen LogP contribution in [0.15, 0.2) is 48.5 Å². The quantitative estimate of drug-likeness (QED) is 0.787. The molecule has 2 rings (SSSR count). The van der Waals surface area contributed by atoms with Crippen LogP contribution in [0.25, 0.3) is 0 Å². The van der Waals surface area contributed by atoms with Crippen molar-refractivity contribution in [2.24, 2.45) is 0 Å². The molecule has 0 aliphatic rings. The van der Waals surface area contributed by atoms with E-state index in [4.69, 9.17) is 4.74 Å². The zero-order valence-corrected chi connectivity index (χ0v) is 14.8. The molecule has 5 nitrogen and oxygen atoms in total. The number of aryl methyl sites for hydroxylation is 1. The summed E-state index contributed by atoms with van der Waals surface area (Å²) in [6.07, 6.45) is 0.651. The van der Waals surface area contributed by atoms with E-state index in [1.54, 1.807) is 6.07 Å². The third kappa shape index (κ3) is 5.05. The SMILES string of the molecule is COc1ccc(CCC(=O)N(C)C(Cc2ccccc2)C(=O)O)cc1F. The molecule has 1 unspecified atom stereocenters. The first-order chi connectivity index (χ1) is 12.4. The fourth-order valence-electron chi connectivity index (χ4n) is 2.69. The van der Waals surface area contributed by atoms with E-state index in [9.17, 15) is 19.1 Å². The monoisotopic (exact) mass is 359 g/mol. The molecule has 26 heavy (non-hydrogen) atoms. The number of benzene rings is 2. The van der Waals surface area contributed by atoms with Gasteiger partial charge >= 0.3 is 5.97 Å². The number of carbonyl (C=O) groups excluding carboxylic acids is 1. The summed E-state index contributed by atoms with van der Waals surface area (Å²) in [6, 6.07) is 12.7. The first kappa shape index (κ1) is 19.4. The Labute approximate surface area is 152 Å². The normalized spacial score (nSPS) is 11.7. The molecule has 0 saturated carbocycles. The van der Waals surface area contributed by atoms with Gasteiger partial charge < -0.3 is 14.7 Å². The molecule has 2 aromatic rings. The molecular weight excluding hydrogens is 337 g/mol. The minimum atomic E-state index is -1.06. The van der Waals surface area contributed by atoms with Gasteiger partial charge in [-0.05, 0) is 29.7 Å². The van der Waals surface area contributed by atoms with E-state index in [1.165, 1.54) is 31.2 Å². The highest BCUT2D eigenvalue weighted by atomic mass is 19.1. The van der Waals surface area contributed by atoms with Crippen molar-refractivity contribution in [2.75, 3.05) is 14.2 Å². The van der Waals surface area contributed by atoms with Gasteiger partial charge in [0.25, 0.3) is 0 Å². The summed E-state index contributed by atoms with van der Waals surface area (Å²) >= 11 is 0. The Morgan fingerprint density at radius 1 is 1.15 bits per heavy atom. The molecule has 0 spiro atoms. The number of hydrogen-bond donors (Lipinski definition) is 1. The molecule has 0 aliphatic carbocycles. The van der Waals surface area contributed by atoms with Crippen molar-refractivity contribution in [3.63, 3.8) is 0 Å². The summed E-state index contributed by atoms with van der Waals surface area (Å²) in [6.45, 7) is 0. The van der Waals surface area contributed by atoms with Gasteiger partial charge in [0.05, 0.1) is 7.11 Å². The van der Waals surface area contributed by atoms with Crippen LogP contribution in [0.1, 0.15) is 17.5 Å². The summed E-state index contributed by atoms with van der Waals surface area (Å²) in [4.78, 5) is 25.2. The van der Waals surface area contributed by atoms with Crippen molar-refractivity contribution in [1.29, 1.82) is 0 Å². The van der Waals surface area contributed by atoms with Gasteiger partial charge in [0.15, 0.2) is 11.6 Å². The predicted octanol–water partition coefficient (Wildman–Crippen LogP) is 2.92. The maximum atomic E-state index is 13.7. The molecule has 1 amide bonds. The second-order valence-corrected chi connectivity index (χ2v) is 6.02. The van der Waals surface area contributed by atoms with E-state index >= 15 is 0 Å². The van der Waals surface area contributed by atoms with Crippen LogP contribution in [0.5, 0.6) is 5.75 Å². The number of aliphatic carboxylic acids is 1. The Bertz CT molecular complexity index is 764. The molecule has 0 fully saturated rings. The molecule has 6 heteroatoms. The van der Waals surface area contributed by atoms with Crippen molar-refractivity contribution in [3.05, 3.63) is 65.5 Å². The van der Waals surface area contributed by atoms with E-state index in [1.807, 2.05) is 30.3 Å². The van der Waals surface area contributed by atoms with Gasteiger partial charge in [-0.2, -0.15) is 0 Å². The average Bonchev–Trinajstić information content (AvgIpc) is 2.64. The highest BCUT2D eigenvalue weighted by Gasteiger charge is 2.26. The van der Waals surface area contributed by atoms with Gasteiger partial charge in [0.2, 0.25) is 5.91 Å². The van der Waals surface area contributed by atoms with Gasteiger partial charge in [-0.1, -0.05) is 36.4 Å². The standard InChI is InChI=1S/C20H22FNO4/c1-22(17(20(24)25)13-14-6-4-3-5-7-14)19(23)11-9-15-8-10-18(26-2)16(21)12-15/h3-8,10,12,17H,9,11,13H2,1-2H3,(H,24,25). The summed E-state index contributed by atoms with van der Waals surface area (Å²) < 4.78 is 18.6. The van der Waals surface area contributed by atoms with E-state index in [0.29, 0.717) is 12.0 Å². The molecule has 0 saturated heterocycles. The largest absolute Gasteiger partial charge is 0.494 e. The second kappa shape index (κ2) is 8.99. The minimum absolute atomic E-state index is 0.0981. The van der Waals surface area contributed by atoms with Crippen LogP contribution in [0.3, 0.4) is 0 Å². The maximum absolute atomic E-state index is 13.7. The Hall–Kier alpha value is -2.89. The first-order valence-electron chi connectivity index (χ1n) is 8.27. The van der Waals surface area contributed by atoms with E-state index in [0.717, 1.165) is 5.56 Å². The van der Waals surface area contributed by atoms with E-state index in [-0.39, 0.29) is 24.5 Å². The average molecular weight is 359 g/mol. The van der Waals surface area contributed by atoms with Crippen LogP contribution in [0.2, 0.25) is 0 Å². The lowest BCUT2D eigenvalue weighted by Crippen LogP contribution is -2.43. The number of likely N-dealkylation sites (N-methyl/N-ethyl adjacent to an activating group) is 1. The molecule has 0 aromatic heterocycles. The highest BCUT2D eigenvalue weighted by molar-refractivity contribution is 5.83. The molecule has 0 heterocycles. The molecule has 0 radical (unpaired) electrons. The summed E-state index contributed by atoms with van der Waals surface area (Å²) in [7, 11) is 2.87. The number of nitrogens with zero attached hydrogens (tertiary/aromatic N) is 1. The molecule has 138 valence electrons. The molecule has 2 aromatic carbocycles. The Morgan fingerprint density at radius 2 is 1.85 bits per heavy atom. The number of rotatable bonds is 8. The molecule has 0 aliphatic heterocycles. The Balaban J connectivity index is 2.00. The van der Waals surface area contributed by atoms with Crippen LogP contribution in [-0.4, -0.2) is 42.1 Å². The third-order valence-electron chi connectivity index (χ3n) is 4.26.